The standard InChI is InChI=1S/C17H32N8O6/c1-8(2)13(25-14(29)9(18)6-11(19)26)16(31)24-10(4-3-5-22-17(20)21)15(30)23-7-12(27)28/h8-10,13H,3-7,18H2,1-2H3,(H2,19,26)(H,23,30)(H,24,31)(H,25,29)(H,27,28)(H4,20,21,22). The minimum atomic E-state index is -1.25. The largest absolute Gasteiger partial charge is 0.480 e. The van der Waals surface area contributed by atoms with Gasteiger partial charge in [0.2, 0.25) is 23.6 Å². The Morgan fingerprint density at radius 2 is 1.58 bits per heavy atom. The molecule has 31 heavy (non-hydrogen) atoms. The maximum atomic E-state index is 12.7. The third kappa shape index (κ3) is 12.0. The lowest BCUT2D eigenvalue weighted by Crippen LogP contribution is -2.57. The van der Waals surface area contributed by atoms with Crippen molar-refractivity contribution in [3.63, 3.8) is 0 Å². The molecular formula is C17H32N8O6. The quantitative estimate of drug-likeness (QED) is 0.0737. The van der Waals surface area contributed by atoms with Crippen LogP contribution in [0.4, 0.5) is 0 Å². The van der Waals surface area contributed by atoms with E-state index in [0.717, 1.165) is 0 Å². The first-order chi connectivity index (χ1) is 14.3. The van der Waals surface area contributed by atoms with Gasteiger partial charge in [-0.05, 0) is 18.8 Å². The highest BCUT2D eigenvalue weighted by atomic mass is 16.4. The molecule has 3 unspecified atom stereocenters. The summed E-state index contributed by atoms with van der Waals surface area (Å²) in [5.74, 6) is -4.72. The predicted octanol–water partition coefficient (Wildman–Crippen LogP) is -3.93. The average Bonchev–Trinajstić information content (AvgIpc) is 2.64. The maximum absolute atomic E-state index is 12.7. The zero-order chi connectivity index (χ0) is 24.1. The Kier molecular flexibility index (Phi) is 12.2. The Hall–Kier alpha value is -3.42. The molecule has 0 aromatic heterocycles. The van der Waals surface area contributed by atoms with Crippen molar-refractivity contribution in [1.29, 1.82) is 0 Å². The summed E-state index contributed by atoms with van der Waals surface area (Å²) in [7, 11) is 0. The molecule has 14 heteroatoms. The molecule has 0 bridgehead atoms. The normalized spacial score (nSPS) is 13.4. The molecule has 0 spiro atoms. The summed E-state index contributed by atoms with van der Waals surface area (Å²) in [5, 5.41) is 15.9. The lowest BCUT2D eigenvalue weighted by molar-refractivity contribution is -0.138. The molecule has 0 rings (SSSR count). The third-order valence-electron chi connectivity index (χ3n) is 4.00. The predicted molar refractivity (Wildman–Crippen MR) is 111 cm³/mol. The van der Waals surface area contributed by atoms with Gasteiger partial charge in [0, 0.05) is 6.54 Å². The fourth-order valence-corrected chi connectivity index (χ4v) is 2.42. The van der Waals surface area contributed by atoms with Crippen LogP contribution >= 0.6 is 0 Å². The van der Waals surface area contributed by atoms with Crippen LogP contribution in [0.5, 0.6) is 0 Å². The van der Waals surface area contributed by atoms with Crippen molar-refractivity contribution in [1.82, 2.24) is 16.0 Å². The fraction of sp³-hybridized carbons (Fsp3) is 0.647. The van der Waals surface area contributed by atoms with Crippen LogP contribution < -0.4 is 38.9 Å². The van der Waals surface area contributed by atoms with Gasteiger partial charge >= 0.3 is 5.97 Å². The summed E-state index contributed by atoms with van der Waals surface area (Å²) in [6.07, 6.45) is 0.0166. The van der Waals surface area contributed by atoms with Crippen LogP contribution in [0, 0.1) is 5.92 Å². The molecule has 0 heterocycles. The molecule has 3 atom stereocenters. The number of carboxylic acid groups (broad SMARTS) is 1. The summed E-state index contributed by atoms with van der Waals surface area (Å²) < 4.78 is 0. The molecular weight excluding hydrogens is 412 g/mol. The van der Waals surface area contributed by atoms with Gasteiger partial charge in [-0.15, -0.1) is 0 Å². The lowest BCUT2D eigenvalue weighted by atomic mass is 10.0. The van der Waals surface area contributed by atoms with E-state index in [0.29, 0.717) is 6.42 Å². The van der Waals surface area contributed by atoms with Crippen molar-refractivity contribution in [3.05, 3.63) is 0 Å². The van der Waals surface area contributed by atoms with Gasteiger partial charge in [0.05, 0.1) is 12.5 Å². The number of primary amides is 1. The summed E-state index contributed by atoms with van der Waals surface area (Å²) in [4.78, 5) is 62.6. The first-order valence-electron chi connectivity index (χ1n) is 9.54. The highest BCUT2D eigenvalue weighted by Crippen LogP contribution is 2.06. The SMILES string of the molecule is CC(C)C(NC(=O)C(N)CC(N)=O)C(=O)NC(CCCN=C(N)N)C(=O)NCC(=O)O. The number of rotatable bonds is 14. The molecule has 0 aromatic carbocycles. The number of aliphatic carboxylic acids is 1. The van der Waals surface area contributed by atoms with Gasteiger partial charge in [0.1, 0.15) is 18.6 Å². The number of amides is 4. The van der Waals surface area contributed by atoms with Crippen molar-refractivity contribution in [2.75, 3.05) is 13.1 Å². The van der Waals surface area contributed by atoms with Crippen LogP contribution in [-0.2, 0) is 24.0 Å². The highest BCUT2D eigenvalue weighted by molar-refractivity contribution is 5.94. The Morgan fingerprint density at radius 1 is 0.968 bits per heavy atom. The minimum absolute atomic E-state index is 0.105. The van der Waals surface area contributed by atoms with Gasteiger partial charge in [0.25, 0.3) is 0 Å². The molecule has 176 valence electrons. The van der Waals surface area contributed by atoms with E-state index >= 15 is 0 Å². The van der Waals surface area contributed by atoms with Crippen molar-refractivity contribution in [2.45, 2.75) is 51.2 Å². The van der Waals surface area contributed by atoms with Gasteiger partial charge in [-0.1, -0.05) is 13.8 Å². The number of carboxylic acids is 1. The van der Waals surface area contributed by atoms with E-state index in [9.17, 15) is 24.0 Å². The van der Waals surface area contributed by atoms with E-state index < -0.39 is 66.6 Å². The smallest absolute Gasteiger partial charge is 0.322 e. The zero-order valence-electron chi connectivity index (χ0n) is 17.6. The molecule has 0 aromatic rings. The average molecular weight is 444 g/mol. The van der Waals surface area contributed by atoms with Crippen LogP contribution in [0.15, 0.2) is 4.99 Å². The minimum Gasteiger partial charge on any atom is -0.480 e. The van der Waals surface area contributed by atoms with E-state index in [-0.39, 0.29) is 18.9 Å². The van der Waals surface area contributed by atoms with Crippen molar-refractivity contribution in [3.8, 4) is 0 Å². The van der Waals surface area contributed by atoms with Crippen LogP contribution in [-0.4, -0.2) is 71.9 Å². The van der Waals surface area contributed by atoms with Crippen molar-refractivity contribution in [2.24, 2.45) is 33.8 Å². The van der Waals surface area contributed by atoms with Crippen molar-refractivity contribution < 1.29 is 29.1 Å². The molecule has 0 aliphatic heterocycles. The number of carbonyl (C=O) groups is 5. The Morgan fingerprint density at radius 3 is 2.06 bits per heavy atom. The number of aliphatic imine (C=N–C) groups is 1. The Labute approximate surface area is 179 Å². The van der Waals surface area contributed by atoms with Gasteiger partial charge in [-0.3, -0.25) is 29.0 Å². The van der Waals surface area contributed by atoms with Gasteiger partial charge in [-0.25, -0.2) is 0 Å². The van der Waals surface area contributed by atoms with Crippen molar-refractivity contribution >= 4 is 35.6 Å². The molecule has 0 saturated heterocycles. The van der Waals surface area contributed by atoms with E-state index in [1.165, 1.54) is 0 Å². The summed E-state index contributed by atoms with van der Waals surface area (Å²) in [6.45, 7) is 2.86. The third-order valence-corrected chi connectivity index (χ3v) is 4.00. The lowest BCUT2D eigenvalue weighted by Gasteiger charge is -2.26. The first kappa shape index (κ1) is 27.6. The maximum Gasteiger partial charge on any atom is 0.322 e. The molecule has 0 radical (unpaired) electrons. The van der Waals surface area contributed by atoms with E-state index in [1.54, 1.807) is 13.8 Å². The summed E-state index contributed by atoms with van der Waals surface area (Å²) in [6, 6.07) is -3.40. The van der Waals surface area contributed by atoms with Gasteiger partial charge < -0.3 is 44.0 Å². The molecule has 12 N–H and O–H groups in total. The number of carbonyl (C=O) groups excluding carboxylic acids is 4. The Bertz CT molecular complexity index is 692. The van der Waals surface area contributed by atoms with E-state index in [2.05, 4.69) is 20.9 Å². The molecule has 0 saturated carbocycles. The molecule has 0 aliphatic carbocycles. The molecule has 0 aliphatic rings. The number of hydrogen-bond donors (Lipinski definition) is 8. The summed E-state index contributed by atoms with van der Waals surface area (Å²) >= 11 is 0. The van der Waals surface area contributed by atoms with E-state index in [1.807, 2.05) is 0 Å². The van der Waals surface area contributed by atoms with Crippen LogP contribution in [0.25, 0.3) is 0 Å². The number of nitrogens with one attached hydrogen (secondary N) is 3. The van der Waals surface area contributed by atoms with Gasteiger partial charge in [-0.2, -0.15) is 0 Å². The van der Waals surface area contributed by atoms with Gasteiger partial charge in [0.15, 0.2) is 5.96 Å². The van der Waals surface area contributed by atoms with Crippen LogP contribution in [0.1, 0.15) is 33.1 Å². The topological polar surface area (TPSA) is 258 Å². The van der Waals surface area contributed by atoms with E-state index in [4.69, 9.17) is 28.0 Å². The summed E-state index contributed by atoms with van der Waals surface area (Å²) in [5.41, 5.74) is 21.1. The second-order valence-electron chi connectivity index (χ2n) is 7.13. The number of nitrogens with zero attached hydrogens (tertiary/aromatic N) is 1. The number of guanidine groups is 1. The Balaban J connectivity index is 5.25. The molecule has 0 fully saturated rings. The van der Waals surface area contributed by atoms with Crippen LogP contribution in [0.3, 0.4) is 0 Å². The second-order valence-corrected chi connectivity index (χ2v) is 7.13. The number of nitrogens with two attached hydrogens (primary N) is 4. The molecule has 14 nitrogen and oxygen atoms in total. The monoisotopic (exact) mass is 444 g/mol. The fourth-order valence-electron chi connectivity index (χ4n) is 2.42. The molecule has 4 amide bonds. The van der Waals surface area contributed by atoms with Crippen LogP contribution in [0.2, 0.25) is 0 Å². The second kappa shape index (κ2) is 13.7. The first-order valence-corrected chi connectivity index (χ1v) is 9.54. The number of hydrogen-bond acceptors (Lipinski definition) is 7. The highest BCUT2D eigenvalue weighted by Gasteiger charge is 2.30. The zero-order valence-corrected chi connectivity index (χ0v) is 17.6.